The molecule has 0 aliphatic heterocycles. The summed E-state index contributed by atoms with van der Waals surface area (Å²) in [6, 6.07) is 5.83. The summed E-state index contributed by atoms with van der Waals surface area (Å²) in [6.07, 6.45) is 1.32. The molecule has 0 aliphatic rings. The van der Waals surface area contributed by atoms with E-state index in [1.165, 1.54) is 6.20 Å². The second-order valence-corrected chi connectivity index (χ2v) is 7.05. The highest BCUT2D eigenvalue weighted by Crippen LogP contribution is 2.24. The first-order chi connectivity index (χ1) is 12.3. The van der Waals surface area contributed by atoms with Crippen molar-refractivity contribution in [1.29, 1.82) is 0 Å². The van der Waals surface area contributed by atoms with Crippen LogP contribution in [-0.4, -0.2) is 33.7 Å². The minimum Gasteiger partial charge on any atom is -0.462 e. The Kier molecular flexibility index (Phi) is 6.57. The number of nitrogens with two attached hydrogens (primary N) is 1. The Hall–Kier alpha value is -2.61. The van der Waals surface area contributed by atoms with Crippen LogP contribution >= 0.6 is 11.8 Å². The van der Waals surface area contributed by atoms with E-state index in [1.807, 2.05) is 32.0 Å². The van der Waals surface area contributed by atoms with Crippen molar-refractivity contribution in [2.45, 2.75) is 38.1 Å². The van der Waals surface area contributed by atoms with Gasteiger partial charge in [0.05, 0.1) is 11.9 Å². The molecule has 0 radical (unpaired) electrons. The third-order valence-electron chi connectivity index (χ3n) is 3.58. The highest BCUT2D eigenvalue weighted by atomic mass is 32.2. The molecule has 0 spiro atoms. The van der Waals surface area contributed by atoms with Gasteiger partial charge >= 0.3 is 5.97 Å². The summed E-state index contributed by atoms with van der Waals surface area (Å²) in [5, 5.41) is 2.77. The van der Waals surface area contributed by atoms with Crippen LogP contribution in [0.15, 0.2) is 29.6 Å². The molecular weight excluding hydrogens is 352 g/mol. The standard InChI is InChI=1S/C18H22N4O3S/c1-5-25-17(24)13-9-20-18(22-15(13)19)26-12(4)16(23)21-14-7-6-10(2)8-11(14)3/h6-9,12H,5H2,1-4H3,(H,21,23)(H2,19,20,22)/t12-/m1/s1. The fourth-order valence-corrected chi connectivity index (χ4v) is 2.95. The van der Waals surface area contributed by atoms with Gasteiger partial charge in [0.1, 0.15) is 11.4 Å². The first-order valence-corrected chi connectivity index (χ1v) is 9.04. The number of esters is 1. The molecule has 1 amide bonds. The van der Waals surface area contributed by atoms with Gasteiger partial charge in [-0.05, 0) is 39.3 Å². The van der Waals surface area contributed by atoms with Gasteiger partial charge in [-0.1, -0.05) is 29.5 Å². The number of hydrogen-bond acceptors (Lipinski definition) is 7. The maximum Gasteiger partial charge on any atom is 0.343 e. The molecule has 26 heavy (non-hydrogen) atoms. The summed E-state index contributed by atoms with van der Waals surface area (Å²) in [6.45, 7) is 7.64. The number of rotatable bonds is 6. The van der Waals surface area contributed by atoms with Crippen molar-refractivity contribution < 1.29 is 14.3 Å². The first-order valence-electron chi connectivity index (χ1n) is 8.16. The molecular formula is C18H22N4O3S. The Labute approximate surface area is 156 Å². The van der Waals surface area contributed by atoms with Gasteiger partial charge in [0.25, 0.3) is 0 Å². The molecule has 3 N–H and O–H groups in total. The Balaban J connectivity index is 2.04. The van der Waals surface area contributed by atoms with Crippen molar-refractivity contribution in [2.24, 2.45) is 0 Å². The van der Waals surface area contributed by atoms with Crippen LogP contribution in [0.5, 0.6) is 0 Å². The molecule has 2 aromatic rings. The molecule has 138 valence electrons. The van der Waals surface area contributed by atoms with Crippen LogP contribution in [0.4, 0.5) is 11.5 Å². The summed E-state index contributed by atoms with van der Waals surface area (Å²) in [4.78, 5) is 32.3. The highest BCUT2D eigenvalue weighted by Gasteiger charge is 2.19. The molecule has 1 heterocycles. The molecule has 0 unspecified atom stereocenters. The Morgan fingerprint density at radius 3 is 2.69 bits per heavy atom. The second-order valence-electron chi connectivity index (χ2n) is 5.74. The number of thioether (sulfide) groups is 1. The van der Waals surface area contributed by atoms with E-state index >= 15 is 0 Å². The molecule has 0 aliphatic carbocycles. The lowest BCUT2D eigenvalue weighted by Gasteiger charge is -2.13. The number of carbonyl (C=O) groups excluding carboxylic acids is 2. The zero-order chi connectivity index (χ0) is 19.3. The third kappa shape index (κ3) is 4.95. The summed E-state index contributed by atoms with van der Waals surface area (Å²) in [5.41, 5.74) is 8.81. The van der Waals surface area contributed by atoms with Crippen LogP contribution in [0, 0.1) is 13.8 Å². The van der Waals surface area contributed by atoms with Crippen molar-refractivity contribution in [3.8, 4) is 0 Å². The van der Waals surface area contributed by atoms with Gasteiger partial charge in [0.15, 0.2) is 5.16 Å². The van der Waals surface area contributed by atoms with Crippen LogP contribution < -0.4 is 11.1 Å². The highest BCUT2D eigenvalue weighted by molar-refractivity contribution is 8.00. The second kappa shape index (κ2) is 8.66. The van der Waals surface area contributed by atoms with Crippen molar-refractivity contribution in [1.82, 2.24) is 9.97 Å². The number of nitrogens with zero attached hydrogens (tertiary/aromatic N) is 2. The Morgan fingerprint density at radius 1 is 1.35 bits per heavy atom. The minimum atomic E-state index is -0.567. The SMILES string of the molecule is CCOC(=O)c1cnc(S[C@H](C)C(=O)Nc2ccc(C)cc2C)nc1N. The fraction of sp³-hybridized carbons (Fsp3) is 0.333. The number of aryl methyl sites for hydroxylation is 2. The lowest BCUT2D eigenvalue weighted by molar-refractivity contribution is -0.115. The molecule has 1 aromatic heterocycles. The number of amides is 1. The van der Waals surface area contributed by atoms with Gasteiger partial charge in [-0.2, -0.15) is 0 Å². The number of benzene rings is 1. The molecule has 0 bridgehead atoms. The van der Waals surface area contributed by atoms with E-state index in [0.29, 0.717) is 5.16 Å². The number of nitrogens with one attached hydrogen (secondary N) is 1. The number of aromatic nitrogens is 2. The molecule has 8 heteroatoms. The van der Waals surface area contributed by atoms with Crippen LogP contribution in [0.25, 0.3) is 0 Å². The van der Waals surface area contributed by atoms with E-state index < -0.39 is 11.2 Å². The van der Waals surface area contributed by atoms with Crippen molar-refractivity contribution in [2.75, 3.05) is 17.7 Å². The Morgan fingerprint density at radius 2 is 2.08 bits per heavy atom. The zero-order valence-corrected chi connectivity index (χ0v) is 16.0. The van der Waals surface area contributed by atoms with Crippen LogP contribution in [0.2, 0.25) is 0 Å². The molecule has 1 atom stereocenters. The molecule has 0 saturated carbocycles. The quantitative estimate of drug-likeness (QED) is 0.455. The molecule has 0 saturated heterocycles. The molecule has 2 rings (SSSR count). The minimum absolute atomic E-state index is 0.0305. The predicted octanol–water partition coefficient (Wildman–Crippen LogP) is 2.97. The number of carbonyl (C=O) groups is 2. The van der Waals surface area contributed by atoms with E-state index in [1.54, 1.807) is 13.8 Å². The topological polar surface area (TPSA) is 107 Å². The smallest absolute Gasteiger partial charge is 0.343 e. The molecule has 0 fully saturated rings. The molecule has 7 nitrogen and oxygen atoms in total. The monoisotopic (exact) mass is 374 g/mol. The van der Waals surface area contributed by atoms with Gasteiger partial charge in [-0.15, -0.1) is 0 Å². The average molecular weight is 374 g/mol. The number of ether oxygens (including phenoxy) is 1. The first kappa shape index (κ1) is 19.7. The zero-order valence-electron chi connectivity index (χ0n) is 15.2. The summed E-state index contributed by atoms with van der Waals surface area (Å²) >= 11 is 1.16. The Bertz CT molecular complexity index is 826. The van der Waals surface area contributed by atoms with E-state index in [-0.39, 0.29) is 23.9 Å². The van der Waals surface area contributed by atoms with Crippen LogP contribution in [0.1, 0.15) is 35.3 Å². The van der Waals surface area contributed by atoms with Gasteiger partial charge in [0, 0.05) is 11.9 Å². The fourth-order valence-electron chi connectivity index (χ4n) is 2.20. The third-order valence-corrected chi connectivity index (χ3v) is 4.56. The van der Waals surface area contributed by atoms with Crippen LogP contribution in [0.3, 0.4) is 0 Å². The van der Waals surface area contributed by atoms with Gasteiger partial charge in [-0.3, -0.25) is 4.79 Å². The number of anilines is 2. The normalized spacial score (nSPS) is 11.7. The van der Waals surface area contributed by atoms with Gasteiger partial charge in [-0.25, -0.2) is 14.8 Å². The van der Waals surface area contributed by atoms with E-state index in [4.69, 9.17) is 10.5 Å². The van der Waals surface area contributed by atoms with E-state index in [9.17, 15) is 9.59 Å². The largest absolute Gasteiger partial charge is 0.462 e. The van der Waals surface area contributed by atoms with Crippen molar-refractivity contribution >= 4 is 35.1 Å². The summed E-state index contributed by atoms with van der Waals surface area (Å²) in [5.74, 6) is -0.705. The average Bonchev–Trinajstić information content (AvgIpc) is 2.57. The van der Waals surface area contributed by atoms with Gasteiger partial charge < -0.3 is 15.8 Å². The van der Waals surface area contributed by atoms with E-state index in [2.05, 4.69) is 15.3 Å². The van der Waals surface area contributed by atoms with Crippen molar-refractivity contribution in [3.05, 3.63) is 41.1 Å². The lowest BCUT2D eigenvalue weighted by atomic mass is 10.1. The molecule has 1 aromatic carbocycles. The maximum atomic E-state index is 12.4. The van der Waals surface area contributed by atoms with E-state index in [0.717, 1.165) is 28.6 Å². The number of nitrogen functional groups attached to an aromatic ring is 1. The van der Waals surface area contributed by atoms with Crippen molar-refractivity contribution in [3.63, 3.8) is 0 Å². The van der Waals surface area contributed by atoms with Crippen LogP contribution in [-0.2, 0) is 9.53 Å². The predicted molar refractivity (Wildman–Crippen MR) is 102 cm³/mol. The number of hydrogen-bond donors (Lipinski definition) is 2. The summed E-state index contributed by atoms with van der Waals surface area (Å²) in [7, 11) is 0. The summed E-state index contributed by atoms with van der Waals surface area (Å²) < 4.78 is 4.88. The van der Waals surface area contributed by atoms with Gasteiger partial charge in [0.2, 0.25) is 5.91 Å². The maximum absolute atomic E-state index is 12.4. The lowest BCUT2D eigenvalue weighted by Crippen LogP contribution is -2.23.